The van der Waals surface area contributed by atoms with Crippen LogP contribution in [0.3, 0.4) is 0 Å². The van der Waals surface area contributed by atoms with Crippen LogP contribution >= 0.6 is 0 Å². The van der Waals surface area contributed by atoms with Crippen LogP contribution in [0.15, 0.2) is 42.7 Å². The summed E-state index contributed by atoms with van der Waals surface area (Å²) in [5, 5.41) is 1.36. The zero-order valence-corrected chi connectivity index (χ0v) is 17.1. The van der Waals surface area contributed by atoms with Crippen LogP contribution in [-0.2, 0) is 6.54 Å². The number of ether oxygens (including phenoxy) is 1. The van der Waals surface area contributed by atoms with E-state index in [-0.39, 0.29) is 0 Å². The van der Waals surface area contributed by atoms with Gasteiger partial charge in [-0.25, -0.2) is 4.98 Å². The molecule has 1 N–H and O–H groups in total. The van der Waals surface area contributed by atoms with Gasteiger partial charge in [-0.2, -0.15) is 4.98 Å². The summed E-state index contributed by atoms with van der Waals surface area (Å²) in [6.45, 7) is 5.47. The van der Waals surface area contributed by atoms with Gasteiger partial charge in [0.1, 0.15) is 0 Å². The number of hydrogen-bond donors (Lipinski definition) is 1. The van der Waals surface area contributed by atoms with Crippen LogP contribution in [0.5, 0.6) is 5.88 Å². The Balaban J connectivity index is 1.25. The fourth-order valence-corrected chi connectivity index (χ4v) is 5.14. The molecule has 4 heterocycles. The van der Waals surface area contributed by atoms with Gasteiger partial charge in [-0.1, -0.05) is 18.2 Å². The zero-order valence-electron chi connectivity index (χ0n) is 17.1. The van der Waals surface area contributed by atoms with E-state index in [0.29, 0.717) is 11.3 Å². The average Bonchev–Trinajstić information content (AvgIpc) is 3.17. The molecule has 6 heteroatoms. The van der Waals surface area contributed by atoms with Crippen LogP contribution in [0.25, 0.3) is 10.9 Å². The Hall–Kier alpha value is -2.60. The van der Waals surface area contributed by atoms with Crippen LogP contribution in [0.1, 0.15) is 31.2 Å². The number of para-hydroxylation sites is 1. The Bertz CT molecular complexity index is 976. The van der Waals surface area contributed by atoms with Gasteiger partial charge in [-0.3, -0.25) is 4.90 Å². The van der Waals surface area contributed by atoms with Crippen LogP contribution in [-0.4, -0.2) is 53.1 Å². The van der Waals surface area contributed by atoms with E-state index in [2.05, 4.69) is 55.2 Å². The molecule has 0 saturated carbocycles. The molecule has 0 bridgehead atoms. The first-order chi connectivity index (χ1) is 14.2. The number of likely N-dealkylation sites (tertiary alicyclic amines) is 1. The molecule has 3 aromatic rings. The van der Waals surface area contributed by atoms with Gasteiger partial charge in [0.25, 0.3) is 0 Å². The summed E-state index contributed by atoms with van der Waals surface area (Å²) in [6, 6.07) is 10.4. The molecule has 29 heavy (non-hydrogen) atoms. The number of methoxy groups -OCH3 is 1. The highest BCUT2D eigenvalue weighted by Gasteiger charge is 2.38. The number of nitrogens with zero attached hydrogens (tertiary/aromatic N) is 4. The lowest BCUT2D eigenvalue weighted by molar-refractivity contribution is 0.0605. The highest BCUT2D eigenvalue weighted by Crippen LogP contribution is 2.41. The molecule has 2 saturated heterocycles. The van der Waals surface area contributed by atoms with Crippen molar-refractivity contribution in [3.63, 3.8) is 0 Å². The highest BCUT2D eigenvalue weighted by atomic mass is 16.5. The quantitative estimate of drug-likeness (QED) is 0.732. The zero-order chi connectivity index (χ0) is 19.7. The molecule has 5 rings (SSSR count). The summed E-state index contributed by atoms with van der Waals surface area (Å²) in [4.78, 5) is 17.4. The number of benzene rings is 1. The highest BCUT2D eigenvalue weighted by molar-refractivity contribution is 5.82. The van der Waals surface area contributed by atoms with Crippen molar-refractivity contribution >= 4 is 16.9 Å². The topological polar surface area (TPSA) is 57.3 Å². The van der Waals surface area contributed by atoms with E-state index in [1.807, 2.05) is 0 Å². The SMILES string of the molecule is COc1ccnc(N2CCC3(CCCN(Cc4c[nH]c5ccccc45)C3)CC2)n1. The fraction of sp³-hybridized carbons (Fsp3) is 0.478. The van der Waals surface area contributed by atoms with Crippen molar-refractivity contribution in [3.05, 3.63) is 48.3 Å². The van der Waals surface area contributed by atoms with E-state index in [1.54, 1.807) is 19.4 Å². The number of anilines is 1. The molecule has 0 amide bonds. The van der Waals surface area contributed by atoms with Crippen molar-refractivity contribution in [3.8, 4) is 5.88 Å². The second kappa shape index (κ2) is 7.67. The van der Waals surface area contributed by atoms with Crippen molar-refractivity contribution < 1.29 is 4.74 Å². The molecule has 6 nitrogen and oxygen atoms in total. The molecular formula is C23H29N5O. The maximum absolute atomic E-state index is 5.26. The number of hydrogen-bond acceptors (Lipinski definition) is 5. The van der Waals surface area contributed by atoms with Gasteiger partial charge in [0.2, 0.25) is 11.8 Å². The Kier molecular flexibility index (Phi) is 4.87. The Morgan fingerprint density at radius 3 is 2.83 bits per heavy atom. The van der Waals surface area contributed by atoms with Crippen molar-refractivity contribution in [1.29, 1.82) is 0 Å². The van der Waals surface area contributed by atoms with E-state index < -0.39 is 0 Å². The molecular weight excluding hydrogens is 362 g/mol. The predicted molar refractivity (Wildman–Crippen MR) is 115 cm³/mol. The smallest absolute Gasteiger partial charge is 0.228 e. The molecule has 2 aliphatic rings. The van der Waals surface area contributed by atoms with Gasteiger partial charge in [-0.15, -0.1) is 0 Å². The second-order valence-electron chi connectivity index (χ2n) is 8.56. The van der Waals surface area contributed by atoms with Crippen LogP contribution in [0.2, 0.25) is 0 Å². The van der Waals surface area contributed by atoms with Gasteiger partial charge >= 0.3 is 0 Å². The summed E-state index contributed by atoms with van der Waals surface area (Å²) in [6.07, 6.45) is 9.02. The monoisotopic (exact) mass is 391 g/mol. The first-order valence-corrected chi connectivity index (χ1v) is 10.6. The third-order valence-electron chi connectivity index (χ3n) is 6.74. The van der Waals surface area contributed by atoms with E-state index in [9.17, 15) is 0 Å². The third kappa shape index (κ3) is 3.69. The number of aromatic amines is 1. The number of fused-ring (bicyclic) bond motifs is 1. The largest absolute Gasteiger partial charge is 0.481 e. The van der Waals surface area contributed by atoms with Crippen molar-refractivity contribution in [2.45, 2.75) is 32.2 Å². The second-order valence-corrected chi connectivity index (χ2v) is 8.56. The number of piperidine rings is 2. The molecule has 2 fully saturated rings. The van der Waals surface area contributed by atoms with Crippen LogP contribution < -0.4 is 9.64 Å². The Morgan fingerprint density at radius 2 is 1.97 bits per heavy atom. The van der Waals surface area contributed by atoms with Crippen LogP contribution in [0.4, 0.5) is 5.95 Å². The van der Waals surface area contributed by atoms with Gasteiger partial charge < -0.3 is 14.6 Å². The first-order valence-electron chi connectivity index (χ1n) is 10.6. The molecule has 0 radical (unpaired) electrons. The third-order valence-corrected chi connectivity index (χ3v) is 6.74. The van der Waals surface area contributed by atoms with E-state index in [0.717, 1.165) is 25.6 Å². The summed E-state index contributed by atoms with van der Waals surface area (Å²) in [5.41, 5.74) is 3.08. The summed E-state index contributed by atoms with van der Waals surface area (Å²) >= 11 is 0. The van der Waals surface area contributed by atoms with E-state index in [4.69, 9.17) is 4.74 Å². The minimum atomic E-state index is 0.430. The van der Waals surface area contributed by atoms with Crippen molar-refractivity contribution in [1.82, 2.24) is 19.9 Å². The Morgan fingerprint density at radius 1 is 1.10 bits per heavy atom. The first kappa shape index (κ1) is 18.4. The van der Waals surface area contributed by atoms with Gasteiger partial charge in [0.05, 0.1) is 7.11 Å². The number of aromatic nitrogens is 3. The van der Waals surface area contributed by atoms with Crippen molar-refractivity contribution in [2.24, 2.45) is 5.41 Å². The molecule has 1 aromatic carbocycles. The fourth-order valence-electron chi connectivity index (χ4n) is 5.14. The molecule has 2 aromatic heterocycles. The lowest BCUT2D eigenvalue weighted by Gasteiger charge is -2.47. The molecule has 0 unspecified atom stereocenters. The molecule has 1 spiro atoms. The predicted octanol–water partition coefficient (Wildman–Crippen LogP) is 3.85. The van der Waals surface area contributed by atoms with Crippen LogP contribution in [0, 0.1) is 5.41 Å². The number of nitrogens with one attached hydrogen (secondary N) is 1. The average molecular weight is 392 g/mol. The molecule has 0 atom stereocenters. The number of rotatable bonds is 4. The van der Waals surface area contributed by atoms with E-state index >= 15 is 0 Å². The molecule has 0 aliphatic carbocycles. The summed E-state index contributed by atoms with van der Waals surface area (Å²) in [5.74, 6) is 1.43. The Labute approximate surface area is 171 Å². The minimum absolute atomic E-state index is 0.430. The molecule has 152 valence electrons. The maximum atomic E-state index is 5.26. The maximum Gasteiger partial charge on any atom is 0.228 e. The standard InChI is InChI=1S/C23H29N5O/c1-29-21-7-11-24-22(26-21)28-13-9-23(10-14-28)8-4-12-27(17-23)16-18-15-25-20-6-3-2-5-19(18)20/h2-3,5-7,11,15,25H,4,8-10,12-14,16-17H2,1H3. The normalized spacial score (nSPS) is 19.7. The number of H-pyrrole nitrogens is 1. The molecule has 2 aliphatic heterocycles. The summed E-state index contributed by atoms with van der Waals surface area (Å²) < 4.78 is 5.26. The van der Waals surface area contributed by atoms with Gasteiger partial charge in [-0.05, 0) is 49.3 Å². The van der Waals surface area contributed by atoms with E-state index in [1.165, 1.54) is 55.2 Å². The van der Waals surface area contributed by atoms with Crippen molar-refractivity contribution in [2.75, 3.05) is 38.2 Å². The lowest BCUT2D eigenvalue weighted by atomic mass is 9.72. The lowest BCUT2D eigenvalue weighted by Crippen LogP contribution is -2.49. The minimum Gasteiger partial charge on any atom is -0.481 e. The van der Waals surface area contributed by atoms with Gasteiger partial charge in [0.15, 0.2) is 0 Å². The summed E-state index contributed by atoms with van der Waals surface area (Å²) in [7, 11) is 1.65. The van der Waals surface area contributed by atoms with Gasteiger partial charge in [0, 0.05) is 55.5 Å².